The van der Waals surface area contributed by atoms with Gasteiger partial charge in [0.25, 0.3) is 5.91 Å². The quantitative estimate of drug-likeness (QED) is 0.412. The van der Waals surface area contributed by atoms with Gasteiger partial charge in [0.1, 0.15) is 5.54 Å². The number of amides is 1. The highest BCUT2D eigenvalue weighted by Gasteiger charge is 2.75. The van der Waals surface area contributed by atoms with E-state index in [1.54, 1.807) is 22.7 Å². The van der Waals surface area contributed by atoms with Gasteiger partial charge in [0.05, 0.1) is 31.0 Å². The van der Waals surface area contributed by atoms with Crippen LogP contribution in [0.5, 0.6) is 0 Å². The first-order chi connectivity index (χ1) is 19.1. The maximum Gasteiger partial charge on any atom is 0.254 e. The highest BCUT2D eigenvalue weighted by atomic mass is 32.1. The van der Waals surface area contributed by atoms with E-state index in [0.717, 1.165) is 47.6 Å². The molecule has 4 aliphatic rings. The lowest BCUT2D eigenvalue weighted by atomic mass is 9.54. The largest absolute Gasteiger partial charge is 0.379 e. The molecule has 1 aromatic carbocycles. The van der Waals surface area contributed by atoms with Crippen LogP contribution in [-0.4, -0.2) is 68.1 Å². The number of nitrogens with zero attached hydrogens (tertiary/aromatic N) is 3. The van der Waals surface area contributed by atoms with Gasteiger partial charge in [0.2, 0.25) is 0 Å². The lowest BCUT2D eigenvalue weighted by Crippen LogP contribution is -2.62. The monoisotopic (exact) mass is 559 g/mol. The summed E-state index contributed by atoms with van der Waals surface area (Å²) < 4.78 is 5.58. The van der Waals surface area contributed by atoms with Crippen LogP contribution in [0.4, 0.5) is 5.69 Å². The highest BCUT2D eigenvalue weighted by molar-refractivity contribution is 7.11. The first-order valence-corrected chi connectivity index (χ1v) is 15.6. The SMILES string of the molecule is CN1C[C@@H](c2cccs2)[C@@]2(CCC/C(=C\c3cccs3)C2=O)[C@@]12C(=O)N(CN1CCOCC1)c1ccccc12. The Kier molecular flexibility index (Phi) is 6.36. The summed E-state index contributed by atoms with van der Waals surface area (Å²) in [5.74, 6) is 0.145. The summed E-state index contributed by atoms with van der Waals surface area (Å²) in [5, 5.41) is 4.15. The molecule has 39 heavy (non-hydrogen) atoms. The van der Waals surface area contributed by atoms with Crippen LogP contribution in [0.15, 0.2) is 64.9 Å². The van der Waals surface area contributed by atoms with E-state index >= 15 is 9.59 Å². The molecule has 3 atom stereocenters. The number of para-hydroxylation sites is 1. The maximum absolute atomic E-state index is 15.1. The molecule has 0 unspecified atom stereocenters. The summed E-state index contributed by atoms with van der Waals surface area (Å²) in [6.07, 6.45) is 4.43. The first kappa shape index (κ1) is 25.4. The van der Waals surface area contributed by atoms with Gasteiger partial charge < -0.3 is 4.74 Å². The summed E-state index contributed by atoms with van der Waals surface area (Å²) in [6, 6.07) is 16.5. The minimum absolute atomic E-state index is 0.0440. The molecule has 1 saturated carbocycles. The van der Waals surface area contributed by atoms with Crippen molar-refractivity contribution in [2.24, 2.45) is 5.41 Å². The predicted molar refractivity (Wildman–Crippen MR) is 156 cm³/mol. The molecule has 7 rings (SSSR count). The molecule has 0 bridgehead atoms. The second kappa shape index (κ2) is 9.78. The molecule has 3 aliphatic heterocycles. The molecule has 3 fully saturated rings. The minimum atomic E-state index is -1.05. The lowest BCUT2D eigenvalue weighted by Gasteiger charge is -2.48. The molecule has 5 heterocycles. The van der Waals surface area contributed by atoms with Crippen LogP contribution < -0.4 is 4.90 Å². The van der Waals surface area contributed by atoms with Crippen molar-refractivity contribution in [3.05, 3.63) is 80.2 Å². The molecular weight excluding hydrogens is 526 g/mol. The third-order valence-electron chi connectivity index (χ3n) is 9.31. The standard InChI is InChI=1S/C31H33N3O3S2/c1-32-20-25(27-11-6-18-39-27)30(12-4-7-22(28(30)35)19-23-8-5-17-38-23)31(32)24-9-2-3-10-26(24)34(29(31)36)21-33-13-15-37-16-14-33/h2-3,5-6,8-11,17-19,25H,4,7,12-16,20-21H2,1H3/b22-19+/t25-,30+,31+/m0/s1. The van der Waals surface area contributed by atoms with E-state index in [1.807, 2.05) is 23.1 Å². The number of benzene rings is 1. The van der Waals surface area contributed by atoms with Gasteiger partial charge in [-0.25, -0.2) is 0 Å². The van der Waals surface area contributed by atoms with Gasteiger partial charge in [-0.1, -0.05) is 30.3 Å². The number of morpholine rings is 1. The molecule has 2 saturated heterocycles. The molecule has 1 amide bonds. The van der Waals surface area contributed by atoms with Crippen molar-refractivity contribution in [2.75, 3.05) is 51.5 Å². The summed E-state index contributed by atoms with van der Waals surface area (Å²) in [4.78, 5) is 38.9. The third-order valence-corrected chi connectivity index (χ3v) is 11.1. The lowest BCUT2D eigenvalue weighted by molar-refractivity contribution is -0.146. The summed E-state index contributed by atoms with van der Waals surface area (Å²) in [6.45, 7) is 4.13. The minimum Gasteiger partial charge on any atom is -0.379 e. The maximum atomic E-state index is 15.1. The van der Waals surface area contributed by atoms with E-state index in [4.69, 9.17) is 4.74 Å². The number of ketones is 1. The number of hydrogen-bond acceptors (Lipinski definition) is 7. The zero-order valence-electron chi connectivity index (χ0n) is 22.2. The molecule has 1 aliphatic carbocycles. The fourth-order valence-electron chi connectivity index (χ4n) is 7.73. The van der Waals surface area contributed by atoms with Gasteiger partial charge in [-0.05, 0) is 66.9 Å². The number of carbonyl (C=O) groups excluding carboxylic acids is 2. The Morgan fingerprint density at radius 3 is 2.59 bits per heavy atom. The number of fused-ring (bicyclic) bond motifs is 3. The number of anilines is 1. The molecule has 2 aromatic heterocycles. The van der Waals surface area contributed by atoms with E-state index < -0.39 is 11.0 Å². The van der Waals surface area contributed by atoms with Crippen molar-refractivity contribution >= 4 is 46.1 Å². The number of thiophene rings is 2. The fourth-order valence-corrected chi connectivity index (χ4v) is 9.32. The number of carbonyl (C=O) groups is 2. The Hall–Kier alpha value is -2.62. The van der Waals surface area contributed by atoms with Gasteiger partial charge in [-0.3, -0.25) is 24.3 Å². The first-order valence-electron chi connectivity index (χ1n) is 13.8. The topological polar surface area (TPSA) is 53.1 Å². The summed E-state index contributed by atoms with van der Waals surface area (Å²) in [7, 11) is 2.06. The zero-order chi connectivity index (χ0) is 26.6. The second-order valence-electron chi connectivity index (χ2n) is 11.1. The van der Waals surface area contributed by atoms with Crippen LogP contribution in [-0.2, 0) is 19.9 Å². The van der Waals surface area contributed by atoms with Crippen molar-refractivity contribution in [3.63, 3.8) is 0 Å². The Morgan fingerprint density at radius 1 is 1.03 bits per heavy atom. The van der Waals surface area contributed by atoms with Gasteiger partial charge in [-0.2, -0.15) is 0 Å². The fraction of sp³-hybridized carbons (Fsp3) is 0.419. The Bertz CT molecular complexity index is 1410. The van der Waals surface area contributed by atoms with Crippen LogP contribution in [0.25, 0.3) is 6.08 Å². The number of likely N-dealkylation sites (tertiary alicyclic amines) is 1. The molecule has 0 N–H and O–H groups in total. The molecule has 8 heteroatoms. The van der Waals surface area contributed by atoms with Crippen molar-refractivity contribution in [3.8, 4) is 0 Å². The summed E-state index contributed by atoms with van der Waals surface area (Å²) in [5.41, 5.74) is 0.860. The van der Waals surface area contributed by atoms with Crippen LogP contribution in [0.2, 0.25) is 0 Å². The van der Waals surface area contributed by atoms with Crippen LogP contribution >= 0.6 is 22.7 Å². The molecule has 3 aromatic rings. The van der Waals surface area contributed by atoms with Gasteiger partial charge in [0, 0.05) is 40.9 Å². The van der Waals surface area contributed by atoms with E-state index in [9.17, 15) is 0 Å². The van der Waals surface area contributed by atoms with Crippen LogP contribution in [0.1, 0.15) is 40.5 Å². The number of hydrogen-bond donors (Lipinski definition) is 0. The molecule has 2 spiro atoms. The Morgan fingerprint density at radius 2 is 1.82 bits per heavy atom. The number of likely N-dealkylation sites (N-methyl/N-ethyl adjacent to an activating group) is 1. The average Bonchev–Trinajstić information content (AvgIpc) is 3.75. The number of ether oxygens (including phenoxy) is 1. The van der Waals surface area contributed by atoms with E-state index in [0.29, 0.717) is 32.8 Å². The van der Waals surface area contributed by atoms with E-state index in [2.05, 4.69) is 64.0 Å². The average molecular weight is 560 g/mol. The zero-order valence-corrected chi connectivity index (χ0v) is 23.8. The van der Waals surface area contributed by atoms with E-state index in [1.165, 1.54) is 4.88 Å². The van der Waals surface area contributed by atoms with Crippen LogP contribution in [0.3, 0.4) is 0 Å². The number of rotatable bonds is 4. The van der Waals surface area contributed by atoms with Crippen molar-refractivity contribution in [2.45, 2.75) is 30.7 Å². The van der Waals surface area contributed by atoms with Crippen molar-refractivity contribution < 1.29 is 14.3 Å². The molecular formula is C31H33N3O3S2. The smallest absolute Gasteiger partial charge is 0.254 e. The van der Waals surface area contributed by atoms with Crippen molar-refractivity contribution in [1.82, 2.24) is 9.80 Å². The highest BCUT2D eigenvalue weighted by Crippen LogP contribution is 2.67. The normalized spacial score (nSPS) is 30.7. The van der Waals surface area contributed by atoms with Crippen LogP contribution in [0, 0.1) is 5.41 Å². The Balaban J connectivity index is 1.42. The molecule has 0 radical (unpaired) electrons. The van der Waals surface area contributed by atoms with Crippen molar-refractivity contribution in [1.29, 1.82) is 0 Å². The Labute approximate surface area is 237 Å². The predicted octanol–water partition coefficient (Wildman–Crippen LogP) is 5.19. The number of Topliss-reactive ketones (excluding diaryl/α,β-unsaturated/α-hetero) is 1. The third kappa shape index (κ3) is 3.62. The summed E-state index contributed by atoms with van der Waals surface area (Å²) >= 11 is 3.36. The molecule has 202 valence electrons. The van der Waals surface area contributed by atoms with Gasteiger partial charge in [0.15, 0.2) is 5.78 Å². The second-order valence-corrected chi connectivity index (χ2v) is 13.1. The number of allylic oxidation sites excluding steroid dienone is 1. The van der Waals surface area contributed by atoms with Gasteiger partial charge in [-0.15, -0.1) is 22.7 Å². The molecule has 6 nitrogen and oxygen atoms in total. The van der Waals surface area contributed by atoms with Gasteiger partial charge >= 0.3 is 0 Å². The van der Waals surface area contributed by atoms with E-state index in [-0.39, 0.29) is 17.6 Å².